The van der Waals surface area contributed by atoms with E-state index < -0.39 is 11.9 Å². The molecule has 2 N–H and O–H groups in total. The first kappa shape index (κ1) is 17.4. The van der Waals surface area contributed by atoms with Gasteiger partial charge in [-0.3, -0.25) is 4.79 Å². The average molecular weight is 387 g/mol. The van der Waals surface area contributed by atoms with Gasteiger partial charge in [0.1, 0.15) is 13.2 Å². The van der Waals surface area contributed by atoms with Crippen LogP contribution in [0.4, 0.5) is 4.79 Å². The van der Waals surface area contributed by atoms with Crippen molar-refractivity contribution in [3.63, 3.8) is 0 Å². The molecular formula is C15H19BrN2O5. The largest absolute Gasteiger partial charge is 0.486 e. The van der Waals surface area contributed by atoms with Crippen molar-refractivity contribution < 1.29 is 24.2 Å². The first-order valence-corrected chi connectivity index (χ1v) is 7.97. The van der Waals surface area contributed by atoms with Gasteiger partial charge >= 0.3 is 12.0 Å². The molecule has 1 aromatic rings. The van der Waals surface area contributed by atoms with Crippen LogP contribution in [0.15, 0.2) is 16.6 Å². The SMILES string of the molecule is CC(CN(C)C(=O)NCc1cc(Br)c2c(c1)OCCO2)C(=O)O. The molecule has 0 saturated heterocycles. The van der Waals surface area contributed by atoms with E-state index in [1.807, 2.05) is 12.1 Å². The lowest BCUT2D eigenvalue weighted by molar-refractivity contribution is -0.141. The van der Waals surface area contributed by atoms with Gasteiger partial charge in [0.2, 0.25) is 0 Å². The van der Waals surface area contributed by atoms with E-state index in [0.717, 1.165) is 10.0 Å². The number of aliphatic carboxylic acids is 1. The number of carbonyl (C=O) groups excluding carboxylic acids is 1. The summed E-state index contributed by atoms with van der Waals surface area (Å²) >= 11 is 3.42. The first-order valence-electron chi connectivity index (χ1n) is 7.18. The Labute approximate surface area is 142 Å². The third-order valence-corrected chi connectivity index (χ3v) is 4.01. The summed E-state index contributed by atoms with van der Waals surface area (Å²) in [6.07, 6.45) is 0. The van der Waals surface area contributed by atoms with Crippen molar-refractivity contribution in [2.75, 3.05) is 26.8 Å². The fourth-order valence-corrected chi connectivity index (χ4v) is 2.75. The highest BCUT2D eigenvalue weighted by atomic mass is 79.9. The Kier molecular flexibility index (Phi) is 5.70. The molecule has 2 amide bonds. The summed E-state index contributed by atoms with van der Waals surface area (Å²) in [5, 5.41) is 11.6. The molecule has 0 spiro atoms. The number of hydrogen-bond donors (Lipinski definition) is 2. The summed E-state index contributed by atoms with van der Waals surface area (Å²) in [6.45, 7) is 3.01. The highest BCUT2D eigenvalue weighted by Gasteiger charge is 2.19. The molecule has 1 aliphatic rings. The number of carboxylic acid groups (broad SMARTS) is 1. The number of amides is 2. The van der Waals surface area contributed by atoms with Crippen molar-refractivity contribution in [2.45, 2.75) is 13.5 Å². The highest BCUT2D eigenvalue weighted by Crippen LogP contribution is 2.38. The standard InChI is InChI=1S/C15H19BrN2O5/c1-9(14(19)20)8-18(2)15(21)17-7-10-5-11(16)13-12(6-10)22-3-4-23-13/h5-6,9H,3-4,7-8H2,1-2H3,(H,17,21)(H,19,20). The van der Waals surface area contributed by atoms with E-state index in [9.17, 15) is 9.59 Å². The number of nitrogens with zero attached hydrogens (tertiary/aromatic N) is 1. The van der Waals surface area contributed by atoms with Gasteiger partial charge in [0.15, 0.2) is 11.5 Å². The number of rotatable bonds is 5. The van der Waals surface area contributed by atoms with Gasteiger partial charge in [-0.2, -0.15) is 0 Å². The zero-order chi connectivity index (χ0) is 17.0. The van der Waals surface area contributed by atoms with Crippen molar-refractivity contribution in [2.24, 2.45) is 5.92 Å². The minimum atomic E-state index is -0.930. The van der Waals surface area contributed by atoms with Crippen molar-refractivity contribution in [3.05, 3.63) is 22.2 Å². The molecule has 1 heterocycles. The Morgan fingerprint density at radius 1 is 1.39 bits per heavy atom. The third-order valence-electron chi connectivity index (χ3n) is 3.42. The van der Waals surface area contributed by atoms with Gasteiger partial charge in [-0.05, 0) is 33.6 Å². The maximum atomic E-state index is 12.0. The van der Waals surface area contributed by atoms with Crippen LogP contribution in [0.2, 0.25) is 0 Å². The van der Waals surface area contributed by atoms with Crippen LogP contribution in [0.3, 0.4) is 0 Å². The number of benzene rings is 1. The molecule has 2 rings (SSSR count). The zero-order valence-corrected chi connectivity index (χ0v) is 14.6. The van der Waals surface area contributed by atoms with Crippen molar-refractivity contribution >= 4 is 27.9 Å². The van der Waals surface area contributed by atoms with Crippen molar-refractivity contribution in [1.29, 1.82) is 0 Å². The molecule has 8 heteroatoms. The maximum Gasteiger partial charge on any atom is 0.317 e. The van der Waals surface area contributed by atoms with Gasteiger partial charge in [0.05, 0.1) is 10.4 Å². The predicted molar refractivity (Wildman–Crippen MR) is 86.8 cm³/mol. The van der Waals surface area contributed by atoms with E-state index >= 15 is 0 Å². The number of nitrogens with one attached hydrogen (secondary N) is 1. The Balaban J connectivity index is 1.94. The summed E-state index contributed by atoms with van der Waals surface area (Å²) in [6, 6.07) is 3.34. The molecule has 0 aromatic heterocycles. The van der Waals surface area contributed by atoms with Gasteiger partial charge in [-0.15, -0.1) is 0 Å². The second-order valence-corrected chi connectivity index (χ2v) is 6.23. The topological polar surface area (TPSA) is 88.1 Å². The molecule has 7 nitrogen and oxygen atoms in total. The summed E-state index contributed by atoms with van der Waals surface area (Å²) in [5.41, 5.74) is 0.856. The Morgan fingerprint density at radius 2 is 2.09 bits per heavy atom. The van der Waals surface area contributed by atoms with Crippen LogP contribution in [0, 0.1) is 5.92 Å². The number of urea groups is 1. The minimum absolute atomic E-state index is 0.145. The van der Waals surface area contributed by atoms with E-state index in [-0.39, 0.29) is 12.6 Å². The Morgan fingerprint density at radius 3 is 2.78 bits per heavy atom. The molecular weight excluding hydrogens is 368 g/mol. The number of carboxylic acids is 1. The first-order chi connectivity index (χ1) is 10.9. The summed E-state index contributed by atoms with van der Waals surface area (Å²) < 4.78 is 11.8. The monoisotopic (exact) mass is 386 g/mol. The summed E-state index contributed by atoms with van der Waals surface area (Å²) in [4.78, 5) is 24.2. The average Bonchev–Trinajstić information content (AvgIpc) is 2.52. The number of carbonyl (C=O) groups is 2. The molecule has 0 bridgehead atoms. The Hall–Kier alpha value is -1.96. The number of halogens is 1. The second-order valence-electron chi connectivity index (χ2n) is 5.38. The normalized spacial score (nSPS) is 14.0. The van der Waals surface area contributed by atoms with Gasteiger partial charge in [0, 0.05) is 20.1 Å². The molecule has 0 radical (unpaired) electrons. The lowest BCUT2D eigenvalue weighted by Gasteiger charge is -2.22. The summed E-state index contributed by atoms with van der Waals surface area (Å²) in [7, 11) is 1.56. The molecule has 1 unspecified atom stereocenters. The minimum Gasteiger partial charge on any atom is -0.486 e. The van der Waals surface area contributed by atoms with Crippen LogP contribution in [-0.2, 0) is 11.3 Å². The smallest absolute Gasteiger partial charge is 0.317 e. The molecule has 0 aliphatic carbocycles. The van der Waals surface area contributed by atoms with Crippen molar-refractivity contribution in [3.8, 4) is 11.5 Å². The number of fused-ring (bicyclic) bond motifs is 1. The van der Waals surface area contributed by atoms with Crippen LogP contribution in [0.25, 0.3) is 0 Å². The van der Waals surface area contributed by atoms with Crippen LogP contribution in [-0.4, -0.2) is 48.8 Å². The van der Waals surface area contributed by atoms with E-state index in [1.165, 1.54) is 4.90 Å². The molecule has 1 aliphatic heterocycles. The molecule has 0 fully saturated rings. The predicted octanol–water partition coefficient (Wildman–Crippen LogP) is 2.08. The molecule has 23 heavy (non-hydrogen) atoms. The molecule has 126 valence electrons. The van der Waals surface area contributed by atoms with E-state index in [1.54, 1.807) is 14.0 Å². The van der Waals surface area contributed by atoms with E-state index in [0.29, 0.717) is 31.3 Å². The number of ether oxygens (including phenoxy) is 2. The number of hydrogen-bond acceptors (Lipinski definition) is 4. The fourth-order valence-electron chi connectivity index (χ4n) is 2.15. The van der Waals surface area contributed by atoms with Gasteiger partial charge in [0.25, 0.3) is 0 Å². The lowest BCUT2D eigenvalue weighted by atomic mass is 10.2. The zero-order valence-electron chi connectivity index (χ0n) is 13.0. The van der Waals surface area contributed by atoms with Crippen LogP contribution in [0.5, 0.6) is 11.5 Å². The molecule has 1 atom stereocenters. The quantitative estimate of drug-likeness (QED) is 0.808. The van der Waals surface area contributed by atoms with E-state index in [2.05, 4.69) is 21.2 Å². The maximum absolute atomic E-state index is 12.0. The van der Waals surface area contributed by atoms with Crippen molar-refractivity contribution in [1.82, 2.24) is 10.2 Å². The summed E-state index contributed by atoms with van der Waals surface area (Å²) in [5.74, 6) is -0.240. The molecule has 0 saturated carbocycles. The van der Waals surface area contributed by atoms with Gasteiger partial charge < -0.3 is 24.8 Å². The third kappa shape index (κ3) is 4.51. The fraction of sp³-hybridized carbons (Fsp3) is 0.467. The lowest BCUT2D eigenvalue weighted by Crippen LogP contribution is -2.40. The molecule has 1 aromatic carbocycles. The van der Waals surface area contributed by atoms with Crippen LogP contribution in [0.1, 0.15) is 12.5 Å². The van der Waals surface area contributed by atoms with E-state index in [4.69, 9.17) is 14.6 Å². The van der Waals surface area contributed by atoms with Crippen LogP contribution < -0.4 is 14.8 Å². The van der Waals surface area contributed by atoms with Gasteiger partial charge in [-0.1, -0.05) is 6.92 Å². The van der Waals surface area contributed by atoms with Crippen LogP contribution >= 0.6 is 15.9 Å². The van der Waals surface area contributed by atoms with Gasteiger partial charge in [-0.25, -0.2) is 4.79 Å². The second kappa shape index (κ2) is 7.54. The Bertz CT molecular complexity index is 608. The highest BCUT2D eigenvalue weighted by molar-refractivity contribution is 9.10.